The fraction of sp³-hybridized carbons (Fsp3) is 0.250. The van der Waals surface area contributed by atoms with Crippen LogP contribution >= 0.6 is 22.9 Å². The third-order valence-electron chi connectivity index (χ3n) is 3.56. The van der Waals surface area contributed by atoms with Gasteiger partial charge in [-0.1, -0.05) is 17.7 Å². The minimum Gasteiger partial charge on any atom is -0.408 e. The van der Waals surface area contributed by atoms with Crippen LogP contribution in [0.25, 0.3) is 11.1 Å². The smallest absolute Gasteiger partial charge is 0.408 e. The predicted octanol–water partition coefficient (Wildman–Crippen LogP) is 3.28. The highest BCUT2D eigenvalue weighted by atomic mass is 35.5. The lowest BCUT2D eigenvalue weighted by atomic mass is 10.2. The second-order valence-electron chi connectivity index (χ2n) is 5.38. The number of rotatable bonds is 4. The number of carbonyl (C=O) groups is 1. The van der Waals surface area contributed by atoms with E-state index in [0.717, 1.165) is 10.4 Å². The number of fused-ring (bicyclic) bond motifs is 1. The molecule has 120 valence electrons. The molecule has 3 rings (SSSR count). The molecular weight excluding hydrogens is 336 g/mol. The quantitative estimate of drug-likeness (QED) is 0.725. The summed E-state index contributed by atoms with van der Waals surface area (Å²) in [5.74, 6) is -0.688. The number of likely N-dealkylation sites (N-methyl/N-ethyl adjacent to an activating group) is 1. The van der Waals surface area contributed by atoms with E-state index in [9.17, 15) is 9.59 Å². The lowest BCUT2D eigenvalue weighted by molar-refractivity contribution is -0.131. The number of benzene rings is 1. The van der Waals surface area contributed by atoms with Crippen molar-refractivity contribution in [3.8, 4) is 0 Å². The van der Waals surface area contributed by atoms with E-state index in [1.165, 1.54) is 15.9 Å². The zero-order chi connectivity index (χ0) is 16.6. The SMILES string of the molecule is Cc1ccc2oc(=O)n(CC(=O)N(C)Cc3ccc(Cl)s3)c2c1. The molecule has 0 spiro atoms. The average molecular weight is 351 g/mol. The van der Waals surface area contributed by atoms with Gasteiger partial charge in [0.05, 0.1) is 16.4 Å². The van der Waals surface area contributed by atoms with Crippen molar-refractivity contribution < 1.29 is 9.21 Å². The molecule has 0 bridgehead atoms. The maximum absolute atomic E-state index is 12.4. The van der Waals surface area contributed by atoms with Gasteiger partial charge in [0.25, 0.3) is 0 Å². The van der Waals surface area contributed by atoms with Gasteiger partial charge >= 0.3 is 5.76 Å². The van der Waals surface area contributed by atoms with Crippen LogP contribution in [0.2, 0.25) is 4.34 Å². The molecule has 0 radical (unpaired) electrons. The van der Waals surface area contributed by atoms with Crippen LogP contribution in [0.4, 0.5) is 0 Å². The normalized spacial score (nSPS) is 11.1. The Morgan fingerprint density at radius 1 is 1.35 bits per heavy atom. The van der Waals surface area contributed by atoms with Gasteiger partial charge in [0.1, 0.15) is 6.54 Å². The van der Waals surface area contributed by atoms with Crippen molar-refractivity contribution in [3.63, 3.8) is 0 Å². The van der Waals surface area contributed by atoms with Crippen molar-refractivity contribution in [2.45, 2.75) is 20.0 Å². The summed E-state index contributed by atoms with van der Waals surface area (Å²) in [6, 6.07) is 9.14. The van der Waals surface area contributed by atoms with E-state index < -0.39 is 5.76 Å². The lowest BCUT2D eigenvalue weighted by Crippen LogP contribution is -2.32. The van der Waals surface area contributed by atoms with Gasteiger partial charge in [0, 0.05) is 11.9 Å². The van der Waals surface area contributed by atoms with E-state index >= 15 is 0 Å². The van der Waals surface area contributed by atoms with E-state index in [1.54, 1.807) is 24.1 Å². The maximum atomic E-state index is 12.4. The highest BCUT2D eigenvalue weighted by Gasteiger charge is 2.16. The van der Waals surface area contributed by atoms with Crippen LogP contribution in [0, 0.1) is 6.92 Å². The van der Waals surface area contributed by atoms with Gasteiger partial charge in [0.2, 0.25) is 5.91 Å². The molecule has 2 heterocycles. The van der Waals surface area contributed by atoms with E-state index in [4.69, 9.17) is 16.0 Å². The molecule has 0 aliphatic heterocycles. The van der Waals surface area contributed by atoms with E-state index in [-0.39, 0.29) is 12.5 Å². The topological polar surface area (TPSA) is 55.5 Å². The largest absolute Gasteiger partial charge is 0.420 e. The van der Waals surface area contributed by atoms with Crippen LogP contribution in [0.3, 0.4) is 0 Å². The van der Waals surface area contributed by atoms with Crippen molar-refractivity contribution in [2.24, 2.45) is 0 Å². The number of thiophene rings is 1. The summed E-state index contributed by atoms with van der Waals surface area (Å²) in [5, 5.41) is 0. The van der Waals surface area contributed by atoms with Crippen molar-refractivity contribution in [1.82, 2.24) is 9.47 Å². The molecule has 0 unspecified atom stereocenters. The number of aryl methyl sites for hydroxylation is 1. The summed E-state index contributed by atoms with van der Waals surface area (Å²) in [4.78, 5) is 26.9. The molecule has 0 aliphatic rings. The van der Waals surface area contributed by atoms with Crippen LogP contribution < -0.4 is 5.76 Å². The zero-order valence-corrected chi connectivity index (χ0v) is 14.3. The Hall–Kier alpha value is -2.05. The van der Waals surface area contributed by atoms with Gasteiger partial charge in [-0.15, -0.1) is 11.3 Å². The van der Waals surface area contributed by atoms with Gasteiger partial charge in [-0.3, -0.25) is 9.36 Å². The van der Waals surface area contributed by atoms with Gasteiger partial charge < -0.3 is 9.32 Å². The Kier molecular flexibility index (Phi) is 4.28. The Labute approximate surface area is 141 Å². The molecular formula is C16H15ClN2O3S. The fourth-order valence-electron chi connectivity index (χ4n) is 2.34. The number of hydrogen-bond donors (Lipinski definition) is 0. The van der Waals surface area contributed by atoms with Crippen molar-refractivity contribution in [2.75, 3.05) is 7.05 Å². The van der Waals surface area contributed by atoms with Crippen molar-refractivity contribution in [3.05, 3.63) is 55.7 Å². The first-order chi connectivity index (χ1) is 10.9. The monoisotopic (exact) mass is 350 g/mol. The Balaban J connectivity index is 1.81. The molecule has 0 atom stereocenters. The number of oxazole rings is 1. The average Bonchev–Trinajstić information content (AvgIpc) is 3.03. The highest BCUT2D eigenvalue weighted by Crippen LogP contribution is 2.22. The zero-order valence-electron chi connectivity index (χ0n) is 12.7. The standard InChI is InChI=1S/C16H15ClN2O3S/c1-10-3-5-13-12(7-10)19(16(21)22-13)9-15(20)18(2)8-11-4-6-14(17)23-11/h3-7H,8-9H2,1-2H3. The second-order valence-corrected chi connectivity index (χ2v) is 7.18. The van der Waals surface area contributed by atoms with Crippen molar-refractivity contribution in [1.29, 1.82) is 0 Å². The van der Waals surface area contributed by atoms with Crippen LogP contribution in [-0.2, 0) is 17.9 Å². The summed E-state index contributed by atoms with van der Waals surface area (Å²) < 4.78 is 7.23. The molecule has 1 amide bonds. The number of aromatic nitrogens is 1. The molecule has 0 saturated heterocycles. The van der Waals surface area contributed by atoms with Crippen LogP contribution in [-0.4, -0.2) is 22.4 Å². The van der Waals surface area contributed by atoms with E-state index in [1.807, 2.05) is 25.1 Å². The first-order valence-electron chi connectivity index (χ1n) is 7.02. The molecule has 0 aliphatic carbocycles. The summed E-state index contributed by atoms with van der Waals surface area (Å²) in [6.07, 6.45) is 0. The molecule has 3 aromatic rings. The Bertz CT molecular complexity index is 925. The maximum Gasteiger partial charge on any atom is 0.420 e. The molecule has 7 heteroatoms. The van der Waals surface area contributed by atoms with Crippen molar-refractivity contribution >= 4 is 39.9 Å². The molecule has 0 saturated carbocycles. The highest BCUT2D eigenvalue weighted by molar-refractivity contribution is 7.16. The fourth-order valence-corrected chi connectivity index (χ4v) is 3.48. The predicted molar refractivity (Wildman–Crippen MR) is 91.0 cm³/mol. The number of amides is 1. The Morgan fingerprint density at radius 3 is 2.83 bits per heavy atom. The molecule has 1 aromatic carbocycles. The molecule has 23 heavy (non-hydrogen) atoms. The lowest BCUT2D eigenvalue weighted by Gasteiger charge is -2.16. The molecule has 2 aromatic heterocycles. The third kappa shape index (κ3) is 3.33. The van der Waals surface area contributed by atoms with E-state index in [0.29, 0.717) is 22.0 Å². The number of hydrogen-bond acceptors (Lipinski definition) is 4. The number of nitrogens with zero attached hydrogens (tertiary/aromatic N) is 2. The molecule has 0 N–H and O–H groups in total. The van der Waals surface area contributed by atoms with E-state index in [2.05, 4.69) is 0 Å². The van der Waals surface area contributed by atoms with Crippen LogP contribution in [0.15, 0.2) is 39.5 Å². The number of carbonyl (C=O) groups excluding carboxylic acids is 1. The number of halogens is 1. The first kappa shape index (κ1) is 15.8. The minimum absolute atomic E-state index is 0.0507. The van der Waals surface area contributed by atoms with Gasteiger partial charge in [-0.05, 0) is 36.8 Å². The minimum atomic E-state index is -0.522. The summed E-state index contributed by atoms with van der Waals surface area (Å²) in [7, 11) is 1.70. The summed E-state index contributed by atoms with van der Waals surface area (Å²) >= 11 is 7.33. The molecule has 5 nitrogen and oxygen atoms in total. The van der Waals surface area contributed by atoms with Gasteiger partial charge in [-0.2, -0.15) is 0 Å². The second kappa shape index (κ2) is 6.22. The van der Waals surface area contributed by atoms with Crippen LogP contribution in [0.5, 0.6) is 0 Å². The van der Waals surface area contributed by atoms with Gasteiger partial charge in [-0.25, -0.2) is 4.79 Å². The Morgan fingerprint density at radius 2 is 2.13 bits per heavy atom. The van der Waals surface area contributed by atoms with Crippen LogP contribution in [0.1, 0.15) is 10.4 Å². The first-order valence-corrected chi connectivity index (χ1v) is 8.21. The third-order valence-corrected chi connectivity index (χ3v) is 4.78. The van der Waals surface area contributed by atoms with Gasteiger partial charge in [0.15, 0.2) is 5.58 Å². The molecule has 0 fully saturated rings. The summed E-state index contributed by atoms with van der Waals surface area (Å²) in [5.41, 5.74) is 2.12. The summed E-state index contributed by atoms with van der Waals surface area (Å²) in [6.45, 7) is 2.33.